The van der Waals surface area contributed by atoms with Crippen LogP contribution in [0.3, 0.4) is 0 Å². The van der Waals surface area contributed by atoms with Gasteiger partial charge in [-0.25, -0.2) is 0 Å². The third-order valence-corrected chi connectivity index (χ3v) is 2.41. The van der Waals surface area contributed by atoms with Crippen molar-refractivity contribution in [1.82, 2.24) is 10.3 Å². The molecule has 1 atom stereocenters. The number of nitrogens with two attached hydrogens (primary N) is 1. The topological polar surface area (TPSA) is 71.2 Å². The number of amides is 1. The molecule has 0 aromatic carbocycles. The third kappa shape index (κ3) is 2.37. The first-order valence-electron chi connectivity index (χ1n) is 4.71. The summed E-state index contributed by atoms with van der Waals surface area (Å²) in [5.74, 6) is -0.0475. The normalized spacial score (nSPS) is 11.9. The van der Waals surface area contributed by atoms with Crippen LogP contribution >= 0.6 is 0 Å². The first kappa shape index (κ1) is 11.3. The summed E-state index contributed by atoms with van der Waals surface area (Å²) in [6.45, 7) is 1.82. The van der Waals surface area contributed by atoms with E-state index in [0.29, 0.717) is 5.69 Å². The lowest BCUT2D eigenvalue weighted by molar-refractivity contribution is -0.121. The number of likely N-dealkylation sites (N-methyl/N-ethyl adjacent to an activating group) is 2. The monoisotopic (exact) mass is 208 g/mol. The molecule has 1 aromatic heterocycles. The van der Waals surface area contributed by atoms with E-state index in [-0.39, 0.29) is 11.9 Å². The summed E-state index contributed by atoms with van der Waals surface area (Å²) in [5.41, 5.74) is 7.14. The molecular formula is C10H16N4O. The molecular weight excluding hydrogens is 192 g/mol. The quantitative estimate of drug-likeness (QED) is 0.746. The fourth-order valence-corrected chi connectivity index (χ4v) is 1.31. The van der Waals surface area contributed by atoms with Crippen LogP contribution in [0.4, 0.5) is 11.4 Å². The van der Waals surface area contributed by atoms with Crippen molar-refractivity contribution < 1.29 is 4.79 Å². The fourth-order valence-electron chi connectivity index (χ4n) is 1.31. The lowest BCUT2D eigenvalue weighted by atomic mass is 10.2. The Bertz CT molecular complexity index is 353. The highest BCUT2D eigenvalue weighted by atomic mass is 16.2. The summed E-state index contributed by atoms with van der Waals surface area (Å²) in [6, 6.07) is 1.52. The molecule has 0 fully saturated rings. The molecule has 0 radical (unpaired) electrons. The first-order chi connectivity index (χ1) is 7.07. The molecule has 1 rings (SSSR count). The largest absolute Gasteiger partial charge is 0.396 e. The molecule has 0 aliphatic heterocycles. The number of nitrogen functional groups attached to an aromatic ring is 1. The molecule has 15 heavy (non-hydrogen) atoms. The lowest BCUT2D eigenvalue weighted by Gasteiger charge is -2.26. The van der Waals surface area contributed by atoms with Crippen molar-refractivity contribution >= 4 is 17.3 Å². The van der Waals surface area contributed by atoms with Crippen LogP contribution in [0.5, 0.6) is 0 Å². The number of nitrogens with one attached hydrogen (secondary N) is 1. The van der Waals surface area contributed by atoms with Crippen molar-refractivity contribution in [2.24, 2.45) is 0 Å². The second kappa shape index (κ2) is 4.63. The summed E-state index contributed by atoms with van der Waals surface area (Å²) in [5, 5.41) is 2.60. The van der Waals surface area contributed by atoms with Crippen molar-refractivity contribution in [3.63, 3.8) is 0 Å². The summed E-state index contributed by atoms with van der Waals surface area (Å²) in [4.78, 5) is 17.1. The zero-order valence-corrected chi connectivity index (χ0v) is 9.19. The number of anilines is 2. The molecule has 1 aromatic rings. The Kier molecular flexibility index (Phi) is 3.49. The molecule has 0 bridgehead atoms. The van der Waals surface area contributed by atoms with Crippen LogP contribution in [0.1, 0.15) is 6.92 Å². The van der Waals surface area contributed by atoms with Crippen molar-refractivity contribution in [3.05, 3.63) is 18.5 Å². The van der Waals surface area contributed by atoms with Crippen LogP contribution in [-0.2, 0) is 4.79 Å². The Hall–Kier alpha value is -1.78. The molecule has 82 valence electrons. The van der Waals surface area contributed by atoms with Crippen LogP contribution in [0.25, 0.3) is 0 Å². The van der Waals surface area contributed by atoms with Crippen LogP contribution < -0.4 is 16.0 Å². The van der Waals surface area contributed by atoms with E-state index in [2.05, 4.69) is 10.3 Å². The first-order valence-corrected chi connectivity index (χ1v) is 4.71. The standard InChI is InChI=1S/C10H16N4O/c1-7(10(15)12-2)14(3)9-4-5-13-6-8(9)11/h4-7H,11H2,1-3H3,(H,12,15). The van der Waals surface area contributed by atoms with E-state index in [1.54, 1.807) is 25.5 Å². The fraction of sp³-hybridized carbons (Fsp3) is 0.400. The van der Waals surface area contributed by atoms with Crippen molar-refractivity contribution in [3.8, 4) is 0 Å². The summed E-state index contributed by atoms with van der Waals surface area (Å²) < 4.78 is 0. The molecule has 1 amide bonds. The van der Waals surface area contributed by atoms with Gasteiger partial charge < -0.3 is 16.0 Å². The maximum absolute atomic E-state index is 11.4. The third-order valence-electron chi connectivity index (χ3n) is 2.41. The number of carbonyl (C=O) groups excluding carboxylic acids is 1. The number of hydrogen-bond acceptors (Lipinski definition) is 4. The van der Waals surface area contributed by atoms with E-state index in [1.807, 2.05) is 18.9 Å². The van der Waals surface area contributed by atoms with Crippen LogP contribution in [0.15, 0.2) is 18.5 Å². The van der Waals surface area contributed by atoms with E-state index in [4.69, 9.17) is 5.73 Å². The van der Waals surface area contributed by atoms with Gasteiger partial charge in [-0.1, -0.05) is 0 Å². The van der Waals surface area contributed by atoms with E-state index in [1.165, 1.54) is 0 Å². The van der Waals surface area contributed by atoms with E-state index in [9.17, 15) is 4.79 Å². The van der Waals surface area contributed by atoms with Gasteiger partial charge in [-0.3, -0.25) is 9.78 Å². The molecule has 1 unspecified atom stereocenters. The van der Waals surface area contributed by atoms with Gasteiger partial charge in [0.15, 0.2) is 0 Å². The minimum absolute atomic E-state index is 0.0475. The number of rotatable bonds is 3. The van der Waals surface area contributed by atoms with Gasteiger partial charge in [0.2, 0.25) is 5.91 Å². The number of pyridine rings is 1. The lowest BCUT2D eigenvalue weighted by Crippen LogP contribution is -2.42. The van der Waals surface area contributed by atoms with Gasteiger partial charge >= 0.3 is 0 Å². The van der Waals surface area contributed by atoms with Gasteiger partial charge in [0, 0.05) is 20.3 Å². The Morgan fingerprint density at radius 1 is 1.67 bits per heavy atom. The predicted molar refractivity (Wildman–Crippen MR) is 60.6 cm³/mol. The molecule has 0 saturated heterocycles. The number of hydrogen-bond donors (Lipinski definition) is 2. The maximum Gasteiger partial charge on any atom is 0.242 e. The number of carbonyl (C=O) groups is 1. The van der Waals surface area contributed by atoms with E-state index >= 15 is 0 Å². The highest BCUT2D eigenvalue weighted by Crippen LogP contribution is 2.21. The molecule has 0 aliphatic rings. The van der Waals surface area contributed by atoms with E-state index < -0.39 is 0 Å². The summed E-state index contributed by atoms with van der Waals surface area (Å²) in [6.07, 6.45) is 3.22. The van der Waals surface area contributed by atoms with Gasteiger partial charge in [-0.2, -0.15) is 0 Å². The zero-order valence-electron chi connectivity index (χ0n) is 9.19. The second-order valence-electron chi connectivity index (χ2n) is 3.34. The maximum atomic E-state index is 11.4. The number of aromatic nitrogens is 1. The Morgan fingerprint density at radius 3 is 2.87 bits per heavy atom. The van der Waals surface area contributed by atoms with Crippen molar-refractivity contribution in [1.29, 1.82) is 0 Å². The van der Waals surface area contributed by atoms with Crippen LogP contribution in [0.2, 0.25) is 0 Å². The van der Waals surface area contributed by atoms with Gasteiger partial charge in [0.1, 0.15) is 6.04 Å². The molecule has 0 spiro atoms. The minimum Gasteiger partial charge on any atom is -0.396 e. The zero-order chi connectivity index (χ0) is 11.4. The highest BCUT2D eigenvalue weighted by molar-refractivity contribution is 5.85. The van der Waals surface area contributed by atoms with Gasteiger partial charge in [-0.15, -0.1) is 0 Å². The van der Waals surface area contributed by atoms with Crippen LogP contribution in [-0.4, -0.2) is 31.0 Å². The smallest absolute Gasteiger partial charge is 0.242 e. The molecule has 3 N–H and O–H groups in total. The average Bonchev–Trinajstić information content (AvgIpc) is 2.26. The van der Waals surface area contributed by atoms with E-state index in [0.717, 1.165) is 5.69 Å². The SMILES string of the molecule is CNC(=O)C(C)N(C)c1ccncc1N. The van der Waals surface area contributed by atoms with Crippen LogP contribution in [0, 0.1) is 0 Å². The average molecular weight is 208 g/mol. The van der Waals surface area contributed by atoms with Crippen molar-refractivity contribution in [2.75, 3.05) is 24.7 Å². The van der Waals surface area contributed by atoms with Gasteiger partial charge in [-0.05, 0) is 13.0 Å². The molecule has 0 saturated carbocycles. The predicted octanol–water partition coefficient (Wildman–Crippen LogP) is 0.234. The highest BCUT2D eigenvalue weighted by Gasteiger charge is 2.18. The molecule has 5 heteroatoms. The second-order valence-corrected chi connectivity index (χ2v) is 3.34. The minimum atomic E-state index is -0.264. The Morgan fingerprint density at radius 2 is 2.33 bits per heavy atom. The molecule has 5 nitrogen and oxygen atoms in total. The summed E-state index contributed by atoms with van der Waals surface area (Å²) >= 11 is 0. The Balaban J connectivity index is 2.89. The Labute approximate surface area is 89.3 Å². The molecule has 0 aliphatic carbocycles. The van der Waals surface area contributed by atoms with Gasteiger partial charge in [0.25, 0.3) is 0 Å². The number of nitrogens with zero attached hydrogens (tertiary/aromatic N) is 2. The molecule has 1 heterocycles. The van der Waals surface area contributed by atoms with Gasteiger partial charge in [0.05, 0.1) is 17.6 Å². The summed E-state index contributed by atoms with van der Waals surface area (Å²) in [7, 11) is 3.44. The van der Waals surface area contributed by atoms with Crippen molar-refractivity contribution in [2.45, 2.75) is 13.0 Å².